The number of aryl methyl sites for hydroxylation is 2. The van der Waals surface area contributed by atoms with Gasteiger partial charge in [-0.25, -0.2) is 4.79 Å². The van der Waals surface area contributed by atoms with Gasteiger partial charge in [0.15, 0.2) is 0 Å². The molecule has 1 saturated carbocycles. The van der Waals surface area contributed by atoms with Gasteiger partial charge in [0.1, 0.15) is 5.60 Å². The SMILES string of the molecule is CCCCC1N(CC2CCCCC2)C(=O)OC12CCN(C1(CC(C)C)CCN(C(=O)c3c(C)cccc3C)CC1)CC2. The van der Waals surface area contributed by atoms with Crippen LogP contribution in [0.15, 0.2) is 18.2 Å². The van der Waals surface area contributed by atoms with E-state index in [0.29, 0.717) is 11.8 Å². The first-order valence-corrected chi connectivity index (χ1v) is 17.3. The van der Waals surface area contributed by atoms with E-state index in [-0.39, 0.29) is 29.2 Å². The Bertz CT molecular complexity index is 1060. The van der Waals surface area contributed by atoms with Crippen LogP contribution >= 0.6 is 0 Å². The first-order valence-electron chi connectivity index (χ1n) is 17.3. The van der Waals surface area contributed by atoms with Gasteiger partial charge < -0.3 is 14.5 Å². The van der Waals surface area contributed by atoms with Gasteiger partial charge in [-0.05, 0) is 75.3 Å². The maximum atomic E-state index is 13.6. The zero-order chi connectivity index (χ0) is 29.9. The molecular formula is C36H57N3O3. The Morgan fingerprint density at radius 3 is 2.21 bits per heavy atom. The number of nitrogens with zero attached hydrogens (tertiary/aromatic N) is 3. The van der Waals surface area contributed by atoms with Gasteiger partial charge in [0, 0.05) is 56.7 Å². The molecule has 5 rings (SSSR count). The number of ether oxygens (including phenoxy) is 1. The van der Waals surface area contributed by atoms with E-state index in [1.54, 1.807) is 0 Å². The maximum absolute atomic E-state index is 13.6. The standard InChI is InChI=1S/C36H57N3O3/c1-6-7-16-31-36(42-34(41)39(31)26-30-14-9-8-10-15-30)19-23-38(24-20-36)35(25-27(2)3)17-21-37(22-18-35)33(40)32-28(4)12-11-13-29(32)5/h11-13,27,30-31H,6-10,14-26H2,1-5H3. The van der Waals surface area contributed by atoms with E-state index in [1.165, 1.54) is 32.1 Å². The molecule has 1 aromatic rings. The van der Waals surface area contributed by atoms with E-state index in [1.807, 2.05) is 6.07 Å². The molecule has 3 saturated heterocycles. The summed E-state index contributed by atoms with van der Waals surface area (Å²) in [6.07, 6.45) is 14.8. The normalized spacial score (nSPS) is 24.9. The third-order valence-electron chi connectivity index (χ3n) is 11.3. The fourth-order valence-corrected chi connectivity index (χ4v) is 9.02. The molecule has 1 unspecified atom stereocenters. The molecule has 1 aliphatic carbocycles. The number of likely N-dealkylation sites (tertiary alicyclic amines) is 2. The Morgan fingerprint density at radius 1 is 0.976 bits per heavy atom. The van der Waals surface area contributed by atoms with E-state index in [2.05, 4.69) is 61.5 Å². The quantitative estimate of drug-likeness (QED) is 0.300. The average molecular weight is 580 g/mol. The van der Waals surface area contributed by atoms with Crippen LogP contribution in [0.25, 0.3) is 0 Å². The summed E-state index contributed by atoms with van der Waals surface area (Å²) in [5.41, 5.74) is 2.79. The summed E-state index contributed by atoms with van der Waals surface area (Å²) in [4.78, 5) is 34.0. The Kier molecular flexibility index (Phi) is 9.91. The maximum Gasteiger partial charge on any atom is 0.410 e. The van der Waals surface area contributed by atoms with Crippen molar-refractivity contribution < 1.29 is 14.3 Å². The summed E-state index contributed by atoms with van der Waals surface area (Å²) in [5, 5.41) is 0. The third-order valence-corrected chi connectivity index (χ3v) is 11.3. The topological polar surface area (TPSA) is 53.1 Å². The van der Waals surface area contributed by atoms with Crippen molar-refractivity contribution in [2.24, 2.45) is 11.8 Å². The molecule has 0 bridgehead atoms. The Balaban J connectivity index is 1.28. The molecule has 1 spiro atoms. The molecule has 6 nitrogen and oxygen atoms in total. The lowest BCUT2D eigenvalue weighted by atomic mass is 9.75. The number of rotatable bonds is 9. The van der Waals surface area contributed by atoms with Gasteiger partial charge in [0.2, 0.25) is 0 Å². The smallest absolute Gasteiger partial charge is 0.410 e. The minimum absolute atomic E-state index is 0.0506. The molecule has 0 aromatic heterocycles. The Morgan fingerprint density at radius 2 is 1.62 bits per heavy atom. The highest BCUT2D eigenvalue weighted by Gasteiger charge is 2.56. The van der Waals surface area contributed by atoms with Crippen LogP contribution in [-0.4, -0.2) is 76.6 Å². The van der Waals surface area contributed by atoms with Crippen molar-refractivity contribution in [1.82, 2.24) is 14.7 Å². The molecule has 3 heterocycles. The molecular weight excluding hydrogens is 522 g/mol. The lowest BCUT2D eigenvalue weighted by Crippen LogP contribution is -2.62. The summed E-state index contributed by atoms with van der Waals surface area (Å²) in [6.45, 7) is 15.5. The van der Waals surface area contributed by atoms with E-state index >= 15 is 0 Å². The third kappa shape index (κ3) is 6.39. The average Bonchev–Trinajstić information content (AvgIpc) is 3.21. The van der Waals surface area contributed by atoms with Crippen molar-refractivity contribution in [3.05, 3.63) is 34.9 Å². The highest BCUT2D eigenvalue weighted by atomic mass is 16.6. The lowest BCUT2D eigenvalue weighted by molar-refractivity contribution is -0.0703. The van der Waals surface area contributed by atoms with Gasteiger partial charge in [-0.15, -0.1) is 0 Å². The molecule has 42 heavy (non-hydrogen) atoms. The van der Waals surface area contributed by atoms with Gasteiger partial charge in [0.25, 0.3) is 5.91 Å². The fourth-order valence-electron chi connectivity index (χ4n) is 9.02. The molecule has 234 valence electrons. The number of benzene rings is 1. The summed E-state index contributed by atoms with van der Waals surface area (Å²) >= 11 is 0. The number of carbonyl (C=O) groups excluding carboxylic acids is 2. The number of amides is 2. The molecule has 2 amide bonds. The Labute approximate surface area is 255 Å². The molecule has 4 fully saturated rings. The number of piperidine rings is 2. The fraction of sp³-hybridized carbons (Fsp3) is 0.778. The van der Waals surface area contributed by atoms with Crippen LogP contribution in [0.1, 0.15) is 126 Å². The number of hydrogen-bond acceptors (Lipinski definition) is 4. The first kappa shape index (κ1) is 31.3. The monoisotopic (exact) mass is 579 g/mol. The largest absolute Gasteiger partial charge is 0.440 e. The van der Waals surface area contributed by atoms with Crippen LogP contribution in [0.2, 0.25) is 0 Å². The Hall–Kier alpha value is -2.08. The van der Waals surface area contributed by atoms with Crippen LogP contribution in [-0.2, 0) is 4.74 Å². The zero-order valence-corrected chi connectivity index (χ0v) is 27.3. The molecule has 3 aliphatic heterocycles. The van der Waals surface area contributed by atoms with Gasteiger partial charge in [-0.1, -0.05) is 71.1 Å². The summed E-state index contributed by atoms with van der Waals surface area (Å²) in [5.74, 6) is 1.42. The van der Waals surface area contributed by atoms with Crippen LogP contribution in [0, 0.1) is 25.7 Å². The first-order chi connectivity index (χ1) is 20.2. The number of carbonyl (C=O) groups is 2. The van der Waals surface area contributed by atoms with Gasteiger partial charge >= 0.3 is 6.09 Å². The zero-order valence-electron chi connectivity index (χ0n) is 27.3. The molecule has 0 N–H and O–H groups in total. The second-order valence-corrected chi connectivity index (χ2v) is 14.6. The van der Waals surface area contributed by atoms with Crippen molar-refractivity contribution in [2.45, 2.75) is 135 Å². The summed E-state index contributed by atoms with van der Waals surface area (Å²) in [7, 11) is 0. The van der Waals surface area contributed by atoms with Gasteiger partial charge in [0.05, 0.1) is 6.04 Å². The van der Waals surface area contributed by atoms with E-state index in [0.717, 1.165) is 101 Å². The highest BCUT2D eigenvalue weighted by molar-refractivity contribution is 5.97. The molecule has 1 aromatic carbocycles. The molecule has 0 radical (unpaired) electrons. The van der Waals surface area contributed by atoms with Crippen LogP contribution < -0.4 is 0 Å². The number of unbranched alkanes of at least 4 members (excludes halogenated alkanes) is 1. The second kappa shape index (κ2) is 13.3. The van der Waals surface area contributed by atoms with Crippen molar-refractivity contribution >= 4 is 12.0 Å². The highest BCUT2D eigenvalue weighted by Crippen LogP contribution is 2.45. The van der Waals surface area contributed by atoms with E-state index in [4.69, 9.17) is 4.74 Å². The summed E-state index contributed by atoms with van der Waals surface area (Å²) < 4.78 is 6.43. The minimum atomic E-state index is -0.338. The van der Waals surface area contributed by atoms with E-state index in [9.17, 15) is 9.59 Å². The summed E-state index contributed by atoms with van der Waals surface area (Å²) in [6, 6.07) is 6.36. The van der Waals surface area contributed by atoms with Gasteiger partial charge in [-0.2, -0.15) is 0 Å². The van der Waals surface area contributed by atoms with Crippen LogP contribution in [0.3, 0.4) is 0 Å². The second-order valence-electron chi connectivity index (χ2n) is 14.6. The minimum Gasteiger partial charge on any atom is -0.440 e. The lowest BCUT2D eigenvalue weighted by Gasteiger charge is -2.53. The van der Waals surface area contributed by atoms with Crippen molar-refractivity contribution in [1.29, 1.82) is 0 Å². The molecule has 6 heteroatoms. The molecule has 1 atom stereocenters. The van der Waals surface area contributed by atoms with Crippen molar-refractivity contribution in [3.63, 3.8) is 0 Å². The van der Waals surface area contributed by atoms with Crippen LogP contribution in [0.4, 0.5) is 4.79 Å². The van der Waals surface area contributed by atoms with Crippen LogP contribution in [0.5, 0.6) is 0 Å². The van der Waals surface area contributed by atoms with Crippen molar-refractivity contribution in [3.8, 4) is 0 Å². The van der Waals surface area contributed by atoms with Crippen molar-refractivity contribution in [2.75, 3.05) is 32.7 Å². The predicted octanol–water partition coefficient (Wildman–Crippen LogP) is 7.75. The number of hydrogen-bond donors (Lipinski definition) is 0. The van der Waals surface area contributed by atoms with Gasteiger partial charge in [-0.3, -0.25) is 9.69 Å². The van der Waals surface area contributed by atoms with E-state index < -0.39 is 0 Å². The predicted molar refractivity (Wildman–Crippen MR) is 170 cm³/mol. The molecule has 4 aliphatic rings.